The van der Waals surface area contributed by atoms with Crippen LogP contribution in [0.4, 0.5) is 0 Å². The van der Waals surface area contributed by atoms with Crippen molar-refractivity contribution in [2.24, 2.45) is 11.3 Å². The van der Waals surface area contributed by atoms with E-state index in [1.807, 2.05) is 0 Å². The van der Waals surface area contributed by atoms with Gasteiger partial charge in [-0.3, -0.25) is 9.59 Å². The largest absolute Gasteiger partial charge is 0.468 e. The van der Waals surface area contributed by atoms with Gasteiger partial charge in [0.05, 0.1) is 13.2 Å². The molecular formula is C18H32O4Si. The summed E-state index contributed by atoms with van der Waals surface area (Å²) in [4.78, 5) is 25.7. The maximum atomic E-state index is 12.9. The van der Waals surface area contributed by atoms with Crippen molar-refractivity contribution in [2.45, 2.75) is 83.5 Å². The number of carbonyl (C=O) groups excluding carboxylic acids is 2. The highest BCUT2D eigenvalue weighted by Crippen LogP contribution is 2.52. The van der Waals surface area contributed by atoms with Gasteiger partial charge in [0.2, 0.25) is 0 Å². The lowest BCUT2D eigenvalue weighted by atomic mass is 9.57. The molecule has 0 bridgehead atoms. The summed E-state index contributed by atoms with van der Waals surface area (Å²) in [5.74, 6) is -0.237. The number of esters is 1. The second kappa shape index (κ2) is 6.32. The lowest BCUT2D eigenvalue weighted by molar-refractivity contribution is -0.178. The molecule has 23 heavy (non-hydrogen) atoms. The first kappa shape index (κ1) is 18.7. The Labute approximate surface area is 141 Å². The Morgan fingerprint density at radius 3 is 2.35 bits per heavy atom. The highest BCUT2D eigenvalue weighted by molar-refractivity contribution is 6.74. The molecule has 0 N–H and O–H groups in total. The van der Waals surface area contributed by atoms with Crippen LogP contribution in [0.3, 0.4) is 0 Å². The number of carbonyl (C=O) groups is 2. The van der Waals surface area contributed by atoms with E-state index in [0.29, 0.717) is 6.42 Å². The van der Waals surface area contributed by atoms with Crippen molar-refractivity contribution in [3.8, 4) is 0 Å². The smallest absolute Gasteiger partial charge is 0.322 e. The van der Waals surface area contributed by atoms with E-state index in [1.165, 1.54) is 7.11 Å². The molecule has 2 aliphatic rings. The standard InChI is InChI=1S/C18H32O4Si/c1-17(2,3)23(5,6)22-15-12-8-10-13-9-7-11-14(19)18(13,15)16(20)21-4/h13,15H,7-12H2,1-6H3/t13-,15-,18-/m0/s1. The molecule has 0 spiro atoms. The van der Waals surface area contributed by atoms with Crippen molar-refractivity contribution in [3.05, 3.63) is 0 Å². The third-order valence-corrected chi connectivity index (χ3v) is 10.8. The zero-order valence-electron chi connectivity index (χ0n) is 15.5. The number of ketones is 1. The highest BCUT2D eigenvalue weighted by atomic mass is 28.4. The number of rotatable bonds is 3. The Bertz CT molecular complexity index is 468. The summed E-state index contributed by atoms with van der Waals surface area (Å²) in [7, 11) is -0.667. The molecule has 0 aliphatic heterocycles. The maximum absolute atomic E-state index is 12.9. The van der Waals surface area contributed by atoms with Crippen molar-refractivity contribution >= 4 is 20.1 Å². The number of hydrogen-bond acceptors (Lipinski definition) is 4. The molecule has 2 fully saturated rings. The van der Waals surface area contributed by atoms with E-state index in [9.17, 15) is 9.59 Å². The molecule has 3 atom stereocenters. The summed E-state index contributed by atoms with van der Waals surface area (Å²) in [5, 5.41) is 0.0506. The van der Waals surface area contributed by atoms with Gasteiger partial charge in [-0.1, -0.05) is 27.2 Å². The van der Waals surface area contributed by atoms with Gasteiger partial charge in [0.15, 0.2) is 19.5 Å². The van der Waals surface area contributed by atoms with Gasteiger partial charge in [0.1, 0.15) is 0 Å². The lowest BCUT2D eigenvalue weighted by Crippen LogP contribution is -2.61. The van der Waals surface area contributed by atoms with Crippen molar-refractivity contribution in [2.75, 3.05) is 7.11 Å². The van der Waals surface area contributed by atoms with Gasteiger partial charge in [0.25, 0.3) is 0 Å². The third kappa shape index (κ3) is 3.02. The molecule has 0 saturated heterocycles. The molecule has 0 aromatic rings. The normalized spacial score (nSPS) is 32.3. The van der Waals surface area contributed by atoms with E-state index >= 15 is 0 Å². The van der Waals surface area contributed by atoms with E-state index in [1.54, 1.807) is 0 Å². The van der Waals surface area contributed by atoms with E-state index in [-0.39, 0.29) is 28.8 Å². The number of ether oxygens (including phenoxy) is 1. The van der Waals surface area contributed by atoms with Crippen LogP contribution in [0.15, 0.2) is 0 Å². The van der Waals surface area contributed by atoms with Crippen LogP contribution in [0.5, 0.6) is 0 Å². The Kier molecular flexibility index (Phi) is 5.12. The number of hydrogen-bond donors (Lipinski definition) is 0. The van der Waals surface area contributed by atoms with Crippen LogP contribution in [-0.4, -0.2) is 33.3 Å². The zero-order valence-corrected chi connectivity index (χ0v) is 16.5. The Morgan fingerprint density at radius 1 is 1.17 bits per heavy atom. The van der Waals surface area contributed by atoms with Gasteiger partial charge in [0, 0.05) is 6.42 Å². The SMILES string of the molecule is COC(=O)[C@]12C(=O)CCC[C@H]1CCC[C@@H]2O[Si](C)(C)C(C)(C)C. The molecule has 4 nitrogen and oxygen atoms in total. The molecule has 0 aromatic heterocycles. The Hall–Kier alpha value is -0.683. The quantitative estimate of drug-likeness (QED) is 0.441. The first-order valence-electron chi connectivity index (χ1n) is 8.87. The monoisotopic (exact) mass is 340 g/mol. The summed E-state index contributed by atoms with van der Waals surface area (Å²) < 4.78 is 11.8. The molecule has 5 heteroatoms. The van der Waals surface area contributed by atoms with E-state index in [0.717, 1.165) is 32.1 Å². The van der Waals surface area contributed by atoms with Gasteiger partial charge in [-0.2, -0.15) is 0 Å². The summed E-state index contributed by atoms with van der Waals surface area (Å²) in [6.45, 7) is 10.9. The fourth-order valence-corrected chi connectivity index (χ4v) is 5.40. The fourth-order valence-electron chi connectivity index (χ4n) is 4.03. The van der Waals surface area contributed by atoms with Crippen molar-refractivity contribution in [3.63, 3.8) is 0 Å². The molecule has 0 unspecified atom stereocenters. The molecule has 0 amide bonds. The first-order valence-corrected chi connectivity index (χ1v) is 11.8. The molecule has 0 heterocycles. The van der Waals surface area contributed by atoms with Crippen LogP contribution < -0.4 is 0 Å². The van der Waals surface area contributed by atoms with Crippen molar-refractivity contribution in [1.82, 2.24) is 0 Å². The number of fused-ring (bicyclic) bond motifs is 1. The van der Waals surface area contributed by atoms with E-state index in [2.05, 4.69) is 33.9 Å². The van der Waals surface area contributed by atoms with E-state index < -0.39 is 13.7 Å². The van der Waals surface area contributed by atoms with Crippen LogP contribution in [-0.2, 0) is 18.8 Å². The average molecular weight is 341 g/mol. The second-order valence-corrected chi connectivity index (χ2v) is 13.4. The molecule has 2 aliphatic carbocycles. The van der Waals surface area contributed by atoms with Gasteiger partial charge < -0.3 is 9.16 Å². The van der Waals surface area contributed by atoms with Crippen LogP contribution in [0, 0.1) is 11.3 Å². The molecule has 2 saturated carbocycles. The fraction of sp³-hybridized carbons (Fsp3) is 0.889. The van der Waals surface area contributed by atoms with Gasteiger partial charge >= 0.3 is 5.97 Å². The van der Waals surface area contributed by atoms with Crippen LogP contribution in [0.1, 0.15) is 59.3 Å². The number of methoxy groups -OCH3 is 1. The molecule has 2 rings (SSSR count). The molecule has 0 radical (unpaired) electrons. The average Bonchev–Trinajstić information content (AvgIpc) is 2.45. The van der Waals surface area contributed by atoms with E-state index in [4.69, 9.17) is 9.16 Å². The minimum absolute atomic E-state index is 0.0454. The molecule has 132 valence electrons. The van der Waals surface area contributed by atoms with Gasteiger partial charge in [-0.05, 0) is 49.7 Å². The summed E-state index contributed by atoms with van der Waals surface area (Å²) in [6, 6.07) is 0. The van der Waals surface area contributed by atoms with Gasteiger partial charge in [-0.25, -0.2) is 0 Å². The van der Waals surface area contributed by atoms with Gasteiger partial charge in [-0.15, -0.1) is 0 Å². The Morgan fingerprint density at radius 2 is 1.78 bits per heavy atom. The Balaban J connectivity index is 2.43. The zero-order chi connectivity index (χ0) is 17.5. The minimum Gasteiger partial charge on any atom is -0.468 e. The van der Waals surface area contributed by atoms with Crippen molar-refractivity contribution in [1.29, 1.82) is 0 Å². The first-order chi connectivity index (χ1) is 10.6. The summed E-state index contributed by atoms with van der Waals surface area (Å²) in [6.07, 6.45) is 4.70. The van der Waals surface area contributed by atoms with Crippen LogP contribution in [0.2, 0.25) is 18.1 Å². The molecule has 0 aromatic carbocycles. The lowest BCUT2D eigenvalue weighted by Gasteiger charge is -2.51. The maximum Gasteiger partial charge on any atom is 0.322 e. The van der Waals surface area contributed by atoms with Crippen molar-refractivity contribution < 1.29 is 18.8 Å². The summed E-state index contributed by atoms with van der Waals surface area (Å²) in [5.41, 5.74) is -1.05. The highest BCUT2D eigenvalue weighted by Gasteiger charge is 2.62. The predicted molar refractivity (Wildman–Crippen MR) is 92.7 cm³/mol. The topological polar surface area (TPSA) is 52.6 Å². The van der Waals surface area contributed by atoms with Crippen LogP contribution in [0.25, 0.3) is 0 Å². The number of Topliss-reactive ketones (excluding diaryl/α,β-unsaturated/α-hetero) is 1. The van der Waals surface area contributed by atoms with Crippen LogP contribution >= 0.6 is 0 Å². The summed E-state index contributed by atoms with van der Waals surface area (Å²) >= 11 is 0. The molecular weight excluding hydrogens is 308 g/mol. The second-order valence-electron chi connectivity index (χ2n) is 8.67. The minimum atomic E-state index is -2.06. The predicted octanol–water partition coefficient (Wildman–Crippen LogP) is 4.09. The third-order valence-electron chi connectivity index (χ3n) is 6.35.